The van der Waals surface area contributed by atoms with Crippen molar-refractivity contribution < 1.29 is 10.2 Å². The first-order valence-corrected chi connectivity index (χ1v) is 10.3. The van der Waals surface area contributed by atoms with Gasteiger partial charge in [0, 0.05) is 0 Å². The largest absolute Gasteiger partial charge is 0.393 e. The topological polar surface area (TPSA) is 40.5 Å². The number of rotatable bonds is 0. The Balaban J connectivity index is 0.000000753. The molecule has 0 saturated heterocycles. The van der Waals surface area contributed by atoms with Crippen LogP contribution in [0.15, 0.2) is 0 Å². The van der Waals surface area contributed by atoms with E-state index in [4.69, 9.17) is 0 Å². The molecule has 134 valence electrons. The van der Waals surface area contributed by atoms with Crippen LogP contribution < -0.4 is 0 Å². The van der Waals surface area contributed by atoms with Crippen molar-refractivity contribution in [1.29, 1.82) is 0 Å². The molecule has 0 aromatic carbocycles. The highest BCUT2D eigenvalue weighted by atomic mass is 16.3. The Labute approximate surface area is 143 Å². The standard InChI is InChI=1S/C19H32O2.C2H6/c1-18-9-7-13(20)11-12(18)3-4-14-15-5-6-17(21)19(15,2)10-8-16(14)18;1-2/h12-17,20-21H,3-11H2,1-2H3;1-2H3. The summed E-state index contributed by atoms with van der Waals surface area (Å²) >= 11 is 0. The monoisotopic (exact) mass is 322 g/mol. The number of hydrogen-bond donors (Lipinski definition) is 2. The summed E-state index contributed by atoms with van der Waals surface area (Å²) in [7, 11) is 0. The van der Waals surface area contributed by atoms with E-state index in [-0.39, 0.29) is 17.6 Å². The van der Waals surface area contributed by atoms with Crippen LogP contribution in [0.5, 0.6) is 0 Å². The molecule has 2 N–H and O–H groups in total. The van der Waals surface area contributed by atoms with E-state index < -0.39 is 0 Å². The predicted octanol–water partition coefficient (Wildman–Crippen LogP) is 4.78. The fraction of sp³-hybridized carbons (Fsp3) is 1.00. The Bertz CT molecular complexity index is 422. The lowest BCUT2D eigenvalue weighted by atomic mass is 9.45. The van der Waals surface area contributed by atoms with Crippen LogP contribution in [0.2, 0.25) is 0 Å². The molecule has 4 aliphatic carbocycles. The normalized spacial score (nSPS) is 55.0. The molecule has 0 aromatic heterocycles. The van der Waals surface area contributed by atoms with Crippen molar-refractivity contribution in [2.24, 2.45) is 34.5 Å². The molecular formula is C21H38O2. The maximum Gasteiger partial charge on any atom is 0.0596 e. The molecule has 0 heterocycles. The van der Waals surface area contributed by atoms with Crippen LogP contribution in [0.4, 0.5) is 0 Å². The van der Waals surface area contributed by atoms with Crippen molar-refractivity contribution in [1.82, 2.24) is 0 Å². The van der Waals surface area contributed by atoms with E-state index in [1.165, 1.54) is 38.5 Å². The van der Waals surface area contributed by atoms with Crippen LogP contribution in [-0.2, 0) is 0 Å². The second-order valence-electron chi connectivity index (χ2n) is 9.22. The zero-order valence-corrected chi connectivity index (χ0v) is 15.7. The third-order valence-electron chi connectivity index (χ3n) is 8.59. The van der Waals surface area contributed by atoms with Gasteiger partial charge in [-0.3, -0.25) is 0 Å². The van der Waals surface area contributed by atoms with Gasteiger partial charge in [0.05, 0.1) is 12.2 Å². The molecule has 4 aliphatic rings. The summed E-state index contributed by atoms with van der Waals surface area (Å²) in [6, 6.07) is 0. The Kier molecular flexibility index (Phi) is 4.88. The van der Waals surface area contributed by atoms with Crippen molar-refractivity contribution in [2.45, 2.75) is 97.7 Å². The van der Waals surface area contributed by atoms with E-state index in [9.17, 15) is 10.2 Å². The fourth-order valence-electron chi connectivity index (χ4n) is 7.21. The first-order valence-electron chi connectivity index (χ1n) is 10.3. The number of hydrogen-bond acceptors (Lipinski definition) is 2. The molecule has 4 rings (SSSR count). The van der Waals surface area contributed by atoms with E-state index in [1.54, 1.807) is 0 Å². The van der Waals surface area contributed by atoms with Crippen molar-refractivity contribution in [3.63, 3.8) is 0 Å². The Morgan fingerprint density at radius 1 is 0.739 bits per heavy atom. The lowest BCUT2D eigenvalue weighted by Gasteiger charge is -2.60. The minimum atomic E-state index is -0.0536. The molecule has 23 heavy (non-hydrogen) atoms. The molecular weight excluding hydrogens is 284 g/mol. The maximum absolute atomic E-state index is 10.5. The van der Waals surface area contributed by atoms with Gasteiger partial charge < -0.3 is 10.2 Å². The predicted molar refractivity (Wildman–Crippen MR) is 95.1 cm³/mol. The lowest BCUT2D eigenvalue weighted by molar-refractivity contribution is -0.133. The van der Waals surface area contributed by atoms with Crippen LogP contribution in [-0.4, -0.2) is 22.4 Å². The van der Waals surface area contributed by atoms with Crippen molar-refractivity contribution in [3.05, 3.63) is 0 Å². The average Bonchev–Trinajstić information content (AvgIpc) is 2.86. The number of aliphatic hydroxyl groups is 2. The SMILES string of the molecule is CC.CC12CCC3C(CCC4CC(O)CCC43C)C1CCC2O. The molecule has 0 spiro atoms. The van der Waals surface area contributed by atoms with E-state index in [1.807, 2.05) is 13.8 Å². The van der Waals surface area contributed by atoms with E-state index in [0.717, 1.165) is 42.9 Å². The summed E-state index contributed by atoms with van der Waals surface area (Å²) < 4.78 is 0. The highest BCUT2D eigenvalue weighted by Gasteiger charge is 2.59. The first-order chi connectivity index (χ1) is 10.9. The second kappa shape index (κ2) is 6.33. The van der Waals surface area contributed by atoms with E-state index in [2.05, 4.69) is 13.8 Å². The third kappa shape index (κ3) is 2.59. The zero-order chi connectivity index (χ0) is 16.8. The van der Waals surface area contributed by atoms with E-state index in [0.29, 0.717) is 5.41 Å². The smallest absolute Gasteiger partial charge is 0.0596 e. The van der Waals surface area contributed by atoms with E-state index >= 15 is 0 Å². The average molecular weight is 323 g/mol. The molecule has 0 amide bonds. The number of aliphatic hydroxyl groups excluding tert-OH is 2. The summed E-state index contributed by atoms with van der Waals surface area (Å²) in [6.07, 6.45) is 10.7. The highest BCUT2D eigenvalue weighted by molar-refractivity contribution is 5.09. The second-order valence-corrected chi connectivity index (χ2v) is 9.22. The summed E-state index contributed by atoms with van der Waals surface area (Å²) in [4.78, 5) is 0. The van der Waals surface area contributed by atoms with Gasteiger partial charge >= 0.3 is 0 Å². The van der Waals surface area contributed by atoms with Gasteiger partial charge in [0.2, 0.25) is 0 Å². The molecule has 0 radical (unpaired) electrons. The fourth-order valence-corrected chi connectivity index (χ4v) is 7.21. The van der Waals surface area contributed by atoms with Gasteiger partial charge in [-0.15, -0.1) is 0 Å². The van der Waals surface area contributed by atoms with Gasteiger partial charge in [-0.1, -0.05) is 27.7 Å². The van der Waals surface area contributed by atoms with Crippen molar-refractivity contribution in [3.8, 4) is 0 Å². The molecule has 0 bridgehead atoms. The Morgan fingerprint density at radius 2 is 1.39 bits per heavy atom. The summed E-state index contributed by atoms with van der Waals surface area (Å²) in [5, 5.41) is 20.5. The molecule has 8 unspecified atom stereocenters. The van der Waals surface area contributed by atoms with Crippen LogP contribution in [0.25, 0.3) is 0 Å². The van der Waals surface area contributed by atoms with Gasteiger partial charge in [0.25, 0.3) is 0 Å². The Hall–Kier alpha value is -0.0800. The van der Waals surface area contributed by atoms with Gasteiger partial charge in [-0.25, -0.2) is 0 Å². The quantitative estimate of drug-likeness (QED) is 0.674. The van der Waals surface area contributed by atoms with Gasteiger partial charge in [0.1, 0.15) is 0 Å². The summed E-state index contributed by atoms with van der Waals surface area (Å²) in [5.41, 5.74) is 0.676. The van der Waals surface area contributed by atoms with Crippen molar-refractivity contribution >= 4 is 0 Å². The molecule has 0 aliphatic heterocycles. The Morgan fingerprint density at radius 3 is 2.13 bits per heavy atom. The van der Waals surface area contributed by atoms with Crippen LogP contribution in [0, 0.1) is 34.5 Å². The van der Waals surface area contributed by atoms with Crippen LogP contribution in [0.3, 0.4) is 0 Å². The molecule has 4 fully saturated rings. The third-order valence-corrected chi connectivity index (χ3v) is 8.59. The summed E-state index contributed by atoms with van der Waals surface area (Å²) in [6.45, 7) is 8.90. The van der Waals surface area contributed by atoms with Gasteiger partial charge in [-0.2, -0.15) is 0 Å². The molecule has 2 nitrogen and oxygen atoms in total. The lowest BCUT2D eigenvalue weighted by Crippen LogP contribution is -2.54. The molecule has 8 atom stereocenters. The first kappa shape index (κ1) is 17.7. The minimum absolute atomic E-state index is 0.0400. The highest BCUT2D eigenvalue weighted by Crippen LogP contribution is 2.66. The van der Waals surface area contributed by atoms with Gasteiger partial charge in [0.15, 0.2) is 0 Å². The van der Waals surface area contributed by atoms with Gasteiger partial charge in [-0.05, 0) is 92.3 Å². The van der Waals surface area contributed by atoms with Crippen LogP contribution >= 0.6 is 0 Å². The maximum atomic E-state index is 10.5. The molecule has 0 aromatic rings. The van der Waals surface area contributed by atoms with Crippen molar-refractivity contribution in [2.75, 3.05) is 0 Å². The number of fused-ring (bicyclic) bond motifs is 5. The summed E-state index contributed by atoms with van der Waals surface area (Å²) in [5.74, 6) is 3.21. The molecule has 4 saturated carbocycles. The van der Waals surface area contributed by atoms with Crippen LogP contribution in [0.1, 0.15) is 85.5 Å². The molecule has 2 heteroatoms. The zero-order valence-electron chi connectivity index (χ0n) is 15.7. The minimum Gasteiger partial charge on any atom is -0.393 e.